The van der Waals surface area contributed by atoms with Crippen LogP contribution in [0.2, 0.25) is 5.02 Å². The van der Waals surface area contributed by atoms with Crippen LogP contribution in [0.4, 0.5) is 23.0 Å². The summed E-state index contributed by atoms with van der Waals surface area (Å²) >= 11 is 6.48. The highest BCUT2D eigenvalue weighted by atomic mass is 35.5. The lowest BCUT2D eigenvalue weighted by atomic mass is 10.1. The molecule has 0 bridgehead atoms. The number of amides is 1. The molecule has 0 saturated carbocycles. The molecule has 4 aromatic rings. The van der Waals surface area contributed by atoms with Gasteiger partial charge in [-0.1, -0.05) is 35.9 Å². The van der Waals surface area contributed by atoms with Gasteiger partial charge in [-0.05, 0) is 107 Å². The van der Waals surface area contributed by atoms with Crippen LogP contribution in [-0.2, 0) is 0 Å². The molecule has 5 rings (SSSR count). The van der Waals surface area contributed by atoms with E-state index in [1.54, 1.807) is 12.1 Å². The molecule has 3 aromatic carbocycles. The fourth-order valence-corrected chi connectivity index (χ4v) is 5.64. The van der Waals surface area contributed by atoms with E-state index in [0.29, 0.717) is 16.7 Å². The minimum atomic E-state index is -0.376. The topological polar surface area (TPSA) is 85.9 Å². The minimum Gasteiger partial charge on any atom is -0.436 e. The van der Waals surface area contributed by atoms with Crippen molar-refractivity contribution < 1.29 is 9.53 Å². The number of para-hydroxylation sites is 1. The highest BCUT2D eigenvalue weighted by molar-refractivity contribution is 6.32. The van der Waals surface area contributed by atoms with Gasteiger partial charge < -0.3 is 25.2 Å². The van der Waals surface area contributed by atoms with Crippen molar-refractivity contribution in [2.24, 2.45) is 0 Å². The first-order valence-corrected chi connectivity index (χ1v) is 15.7. The Kier molecular flexibility index (Phi) is 10.5. The fraction of sp³-hybridized carbons (Fsp3) is 0.343. The third kappa shape index (κ3) is 8.51. The lowest BCUT2D eigenvalue weighted by Gasteiger charge is -2.36. The number of ether oxygens (including phenoxy) is 1. The predicted octanol–water partition coefficient (Wildman–Crippen LogP) is 6.92. The van der Waals surface area contributed by atoms with Crippen LogP contribution in [0, 0.1) is 20.8 Å². The number of aryl methyl sites for hydroxylation is 3. The molecule has 10 heteroatoms. The van der Waals surface area contributed by atoms with E-state index in [1.807, 2.05) is 57.2 Å². The third-order valence-electron chi connectivity index (χ3n) is 7.95. The maximum Gasteiger partial charge on any atom is 0.262 e. The molecule has 1 aliphatic rings. The maximum absolute atomic E-state index is 13.5. The summed E-state index contributed by atoms with van der Waals surface area (Å²) in [5.41, 5.74) is 5.86. The fourth-order valence-electron chi connectivity index (χ4n) is 5.37. The second-order valence-electron chi connectivity index (χ2n) is 11.8. The molecule has 2 heterocycles. The molecule has 1 amide bonds. The monoisotopic (exact) mass is 627 g/mol. The zero-order valence-corrected chi connectivity index (χ0v) is 27.5. The van der Waals surface area contributed by atoms with Crippen LogP contribution < -0.4 is 20.3 Å². The largest absolute Gasteiger partial charge is 0.436 e. The van der Waals surface area contributed by atoms with Crippen molar-refractivity contribution in [3.05, 3.63) is 94.1 Å². The van der Waals surface area contributed by atoms with Crippen LogP contribution >= 0.6 is 11.6 Å². The Bertz CT molecular complexity index is 1600. The lowest BCUT2D eigenvalue weighted by molar-refractivity contribution is 0.102. The Morgan fingerprint density at radius 3 is 2.36 bits per heavy atom. The summed E-state index contributed by atoms with van der Waals surface area (Å²) in [4.78, 5) is 29.8. The second kappa shape index (κ2) is 14.7. The average Bonchev–Trinajstić information content (AvgIpc) is 3.01. The Morgan fingerprint density at radius 1 is 0.978 bits per heavy atom. The number of carbonyl (C=O) groups excluding carboxylic acids is 1. The first-order valence-electron chi connectivity index (χ1n) is 15.3. The second-order valence-corrected chi connectivity index (χ2v) is 12.2. The van der Waals surface area contributed by atoms with E-state index in [0.717, 1.165) is 67.3 Å². The van der Waals surface area contributed by atoms with E-state index in [9.17, 15) is 4.79 Å². The highest BCUT2D eigenvalue weighted by Crippen LogP contribution is 2.32. The molecule has 1 saturated heterocycles. The molecule has 236 valence electrons. The third-order valence-corrected chi connectivity index (χ3v) is 8.25. The normalized spacial score (nSPS) is 13.6. The van der Waals surface area contributed by atoms with Crippen molar-refractivity contribution >= 4 is 40.5 Å². The van der Waals surface area contributed by atoms with Crippen LogP contribution in [0.3, 0.4) is 0 Å². The van der Waals surface area contributed by atoms with Crippen molar-refractivity contribution in [3.63, 3.8) is 0 Å². The molecule has 0 aliphatic carbocycles. The molecule has 45 heavy (non-hydrogen) atoms. The molecule has 0 unspecified atom stereocenters. The Balaban J connectivity index is 1.30. The van der Waals surface area contributed by atoms with Gasteiger partial charge in [-0.2, -0.15) is 4.98 Å². The zero-order chi connectivity index (χ0) is 31.9. The van der Waals surface area contributed by atoms with Gasteiger partial charge >= 0.3 is 0 Å². The molecule has 1 aromatic heterocycles. The van der Waals surface area contributed by atoms with E-state index in [1.165, 1.54) is 18.3 Å². The molecular weight excluding hydrogens is 586 g/mol. The number of nitrogens with zero attached hydrogens (tertiary/aromatic N) is 5. The summed E-state index contributed by atoms with van der Waals surface area (Å²) in [6, 6.07) is 19.6. The van der Waals surface area contributed by atoms with Gasteiger partial charge in [0.2, 0.25) is 11.8 Å². The smallest absolute Gasteiger partial charge is 0.262 e. The molecule has 1 aliphatic heterocycles. The summed E-state index contributed by atoms with van der Waals surface area (Å²) in [7, 11) is 4.25. The van der Waals surface area contributed by atoms with E-state index >= 15 is 0 Å². The van der Waals surface area contributed by atoms with Crippen LogP contribution in [0.1, 0.15) is 33.5 Å². The Morgan fingerprint density at radius 2 is 1.69 bits per heavy atom. The van der Waals surface area contributed by atoms with Gasteiger partial charge in [0, 0.05) is 49.4 Å². The number of hydrogen-bond acceptors (Lipinski definition) is 8. The van der Waals surface area contributed by atoms with E-state index in [2.05, 4.69) is 61.5 Å². The van der Waals surface area contributed by atoms with Crippen LogP contribution in [0.5, 0.6) is 11.6 Å². The van der Waals surface area contributed by atoms with Crippen molar-refractivity contribution in [3.8, 4) is 11.6 Å². The van der Waals surface area contributed by atoms with Crippen LogP contribution in [0.15, 0.2) is 66.9 Å². The maximum atomic E-state index is 13.5. The number of aromatic nitrogens is 2. The first kappa shape index (κ1) is 32.2. The van der Waals surface area contributed by atoms with Crippen LogP contribution in [0.25, 0.3) is 0 Å². The number of halogens is 1. The first-order chi connectivity index (χ1) is 21.7. The van der Waals surface area contributed by atoms with Gasteiger partial charge in [0.05, 0.1) is 5.02 Å². The summed E-state index contributed by atoms with van der Waals surface area (Å²) in [6.07, 6.45) is 2.67. The number of nitrogens with one attached hydrogen (secondary N) is 2. The van der Waals surface area contributed by atoms with E-state index < -0.39 is 0 Å². The Labute approximate surface area is 271 Å². The standard InChI is InChI=1S/C35H42ClN7O2/c1-24-10-15-31(30(36)22-24)45-34-29(33(44)39-32-25(2)8-6-9-26(32)3)23-37-35(40-34)38-27-11-13-28(14-12-27)43-20-18-42(19-21-43)17-7-16-41(4)5/h6,8-15,22-23H,7,16-21H2,1-5H3,(H,39,44)(H,37,38,40). The molecule has 0 spiro atoms. The Hall–Kier alpha value is -4.18. The lowest BCUT2D eigenvalue weighted by Crippen LogP contribution is -2.46. The van der Waals surface area contributed by atoms with Gasteiger partial charge in [0.1, 0.15) is 11.3 Å². The van der Waals surface area contributed by atoms with Gasteiger partial charge in [-0.15, -0.1) is 0 Å². The predicted molar refractivity (Wildman–Crippen MR) is 184 cm³/mol. The summed E-state index contributed by atoms with van der Waals surface area (Å²) in [5, 5.41) is 6.69. The summed E-state index contributed by atoms with van der Waals surface area (Å²) < 4.78 is 6.14. The quantitative estimate of drug-likeness (QED) is 0.185. The zero-order valence-electron chi connectivity index (χ0n) is 26.7. The molecule has 2 N–H and O–H groups in total. The number of rotatable bonds is 11. The van der Waals surface area contributed by atoms with Gasteiger partial charge in [-0.3, -0.25) is 9.69 Å². The number of piperazine rings is 1. The van der Waals surface area contributed by atoms with Crippen LogP contribution in [-0.4, -0.2) is 79.0 Å². The molecule has 1 fully saturated rings. The van der Waals surface area contributed by atoms with Gasteiger partial charge in [-0.25, -0.2) is 4.98 Å². The van der Waals surface area contributed by atoms with E-state index in [-0.39, 0.29) is 17.4 Å². The molecular formula is C35H42ClN7O2. The average molecular weight is 628 g/mol. The summed E-state index contributed by atoms with van der Waals surface area (Å²) in [6.45, 7) is 12.3. The van der Waals surface area contributed by atoms with Gasteiger partial charge in [0.25, 0.3) is 5.91 Å². The van der Waals surface area contributed by atoms with Crippen molar-refractivity contribution in [2.75, 3.05) is 68.9 Å². The number of benzene rings is 3. The highest BCUT2D eigenvalue weighted by Gasteiger charge is 2.21. The SMILES string of the molecule is Cc1ccc(Oc2nc(Nc3ccc(N4CCN(CCCN(C)C)CC4)cc3)ncc2C(=O)Nc2c(C)cccc2C)c(Cl)c1. The summed E-state index contributed by atoms with van der Waals surface area (Å²) in [5.74, 6) is 0.424. The van der Waals surface area contributed by atoms with Gasteiger partial charge in [0.15, 0.2) is 0 Å². The number of carbonyl (C=O) groups is 1. The molecule has 0 atom stereocenters. The minimum absolute atomic E-state index is 0.0991. The molecule has 0 radical (unpaired) electrons. The van der Waals surface area contributed by atoms with Crippen molar-refractivity contribution in [1.29, 1.82) is 0 Å². The number of anilines is 4. The number of hydrogen-bond donors (Lipinski definition) is 2. The van der Waals surface area contributed by atoms with E-state index in [4.69, 9.17) is 16.3 Å². The van der Waals surface area contributed by atoms with Crippen molar-refractivity contribution in [1.82, 2.24) is 19.8 Å². The molecule has 9 nitrogen and oxygen atoms in total. The van der Waals surface area contributed by atoms with Crippen molar-refractivity contribution in [2.45, 2.75) is 27.2 Å².